The van der Waals surface area contributed by atoms with Crippen LogP contribution in [0.1, 0.15) is 39.8 Å². The van der Waals surface area contributed by atoms with E-state index in [-0.39, 0.29) is 0 Å². The Morgan fingerprint density at radius 1 is 1.38 bits per heavy atom. The molecule has 0 saturated carbocycles. The van der Waals surface area contributed by atoms with Crippen LogP contribution in [0.3, 0.4) is 0 Å². The summed E-state index contributed by atoms with van der Waals surface area (Å²) in [5, 5.41) is 4.56. The molecule has 7 nitrogen and oxygen atoms in total. The Bertz CT molecular complexity index is 842. The summed E-state index contributed by atoms with van der Waals surface area (Å²) in [6.07, 6.45) is 0.633. The molecule has 2 unspecified atom stereocenters. The lowest BCUT2D eigenvalue weighted by Crippen LogP contribution is -2.33. The molecule has 1 aromatic heterocycles. The number of anilines is 1. The Balaban J connectivity index is 2.14. The molecule has 0 radical (unpaired) electrons. The number of nitrogens with one attached hydrogen (secondary N) is 1. The Morgan fingerprint density at radius 3 is 2.77 bits per heavy atom. The van der Waals surface area contributed by atoms with Crippen molar-refractivity contribution in [2.75, 3.05) is 19.5 Å². The second-order valence-corrected chi connectivity index (χ2v) is 6.44. The van der Waals surface area contributed by atoms with Gasteiger partial charge in [0.15, 0.2) is 0 Å². The summed E-state index contributed by atoms with van der Waals surface area (Å²) in [6.45, 7) is 6.38. The van der Waals surface area contributed by atoms with Crippen molar-refractivity contribution < 1.29 is 14.4 Å². The third-order valence-corrected chi connectivity index (χ3v) is 4.95. The maximum atomic E-state index is 12.4. The molecule has 7 heteroatoms. The number of hydrogen-bond acceptors (Lipinski definition) is 5. The molecule has 0 aliphatic carbocycles. The second-order valence-electron chi connectivity index (χ2n) is 6.44. The molecular weight excluding hydrogens is 332 g/mol. The summed E-state index contributed by atoms with van der Waals surface area (Å²) in [5.74, 6) is 0.997. The monoisotopic (exact) mass is 358 g/mol. The Labute approximate surface area is 153 Å². The van der Waals surface area contributed by atoms with Gasteiger partial charge < -0.3 is 10.1 Å². The molecule has 0 fully saturated rings. The molecule has 1 amide bonds. The van der Waals surface area contributed by atoms with Gasteiger partial charge in [-0.15, -0.1) is 0 Å². The molecule has 1 N–H and O–H groups in total. The van der Waals surface area contributed by atoms with E-state index in [1.807, 2.05) is 28.8 Å². The van der Waals surface area contributed by atoms with Crippen LogP contribution < -0.4 is 5.32 Å². The molecule has 2 aromatic rings. The van der Waals surface area contributed by atoms with Crippen molar-refractivity contribution in [3.05, 3.63) is 35.5 Å². The standard InChI is InChI=1S/C19H26N4O3/c1-6-12(3)16-13(7-2)17(26-19(24)22(4)25-5)23-15-11-9-8-10-14(15)20-18(23)21-16/h8-12,17H,6-7H2,1-5H3,(H,20,21). The average molecular weight is 358 g/mol. The van der Waals surface area contributed by atoms with Crippen LogP contribution in [0, 0.1) is 5.92 Å². The summed E-state index contributed by atoms with van der Waals surface area (Å²) in [6, 6.07) is 7.84. The van der Waals surface area contributed by atoms with E-state index in [2.05, 4.69) is 26.1 Å². The third kappa shape index (κ3) is 3.03. The summed E-state index contributed by atoms with van der Waals surface area (Å²) < 4.78 is 7.80. The minimum atomic E-state index is -0.558. The van der Waals surface area contributed by atoms with Crippen molar-refractivity contribution in [3.8, 4) is 0 Å². The van der Waals surface area contributed by atoms with E-state index in [4.69, 9.17) is 14.6 Å². The number of hydroxylamine groups is 2. The molecule has 0 bridgehead atoms. The van der Waals surface area contributed by atoms with Gasteiger partial charge in [0, 0.05) is 18.3 Å². The van der Waals surface area contributed by atoms with Crippen LogP contribution in [0.25, 0.3) is 11.0 Å². The SMILES string of the molecule is CCC1=C(C(C)CC)Nc2nc3ccccc3n2C1OC(=O)N(C)OC. The predicted octanol–water partition coefficient (Wildman–Crippen LogP) is 4.30. The first-order valence-corrected chi connectivity index (χ1v) is 8.97. The van der Waals surface area contributed by atoms with E-state index in [9.17, 15) is 4.79 Å². The van der Waals surface area contributed by atoms with Gasteiger partial charge in [-0.2, -0.15) is 5.06 Å². The smallest absolute Gasteiger partial charge is 0.419 e. The number of imidazole rings is 1. The quantitative estimate of drug-likeness (QED) is 0.807. The first-order chi connectivity index (χ1) is 12.5. The fourth-order valence-electron chi connectivity index (χ4n) is 3.24. The maximum Gasteiger partial charge on any atom is 0.435 e. The first-order valence-electron chi connectivity index (χ1n) is 8.97. The minimum absolute atomic E-state index is 0.305. The largest absolute Gasteiger partial charge is 0.435 e. The number of aromatic nitrogens is 2. The first kappa shape index (κ1) is 18.3. The number of rotatable bonds is 5. The number of allylic oxidation sites excluding steroid dienone is 1. The van der Waals surface area contributed by atoms with Gasteiger partial charge >= 0.3 is 6.09 Å². The van der Waals surface area contributed by atoms with Gasteiger partial charge in [-0.25, -0.2) is 9.78 Å². The second kappa shape index (κ2) is 7.37. The molecule has 0 spiro atoms. The highest BCUT2D eigenvalue weighted by Crippen LogP contribution is 2.39. The van der Waals surface area contributed by atoms with Crippen LogP contribution in [-0.4, -0.2) is 34.9 Å². The van der Waals surface area contributed by atoms with Crippen molar-refractivity contribution in [1.82, 2.24) is 14.6 Å². The number of carbonyl (C=O) groups excluding carboxylic acids is 1. The van der Waals surface area contributed by atoms with Gasteiger partial charge in [-0.1, -0.05) is 32.9 Å². The number of carbonyl (C=O) groups is 1. The van der Waals surface area contributed by atoms with Crippen LogP contribution in [0.4, 0.5) is 10.7 Å². The van der Waals surface area contributed by atoms with Crippen LogP contribution in [0.2, 0.25) is 0 Å². The molecular formula is C19H26N4O3. The zero-order valence-corrected chi connectivity index (χ0v) is 15.9. The summed E-state index contributed by atoms with van der Waals surface area (Å²) in [7, 11) is 2.96. The van der Waals surface area contributed by atoms with E-state index >= 15 is 0 Å². The third-order valence-electron chi connectivity index (χ3n) is 4.95. The molecule has 1 aromatic carbocycles. The summed E-state index contributed by atoms with van der Waals surface area (Å²) in [4.78, 5) is 22.1. The van der Waals surface area contributed by atoms with Crippen molar-refractivity contribution in [1.29, 1.82) is 0 Å². The lowest BCUT2D eigenvalue weighted by atomic mass is 9.96. The predicted molar refractivity (Wildman–Crippen MR) is 100 cm³/mol. The fraction of sp³-hybridized carbons (Fsp3) is 0.474. The molecule has 1 aliphatic rings. The van der Waals surface area contributed by atoms with Gasteiger partial charge in [-0.05, 0) is 30.9 Å². The number of nitrogens with zero attached hydrogens (tertiary/aromatic N) is 3. The number of amides is 1. The zero-order valence-electron chi connectivity index (χ0n) is 15.9. The van der Waals surface area contributed by atoms with Gasteiger partial charge in [0.05, 0.1) is 18.1 Å². The highest BCUT2D eigenvalue weighted by molar-refractivity contribution is 5.80. The number of benzene rings is 1. The lowest BCUT2D eigenvalue weighted by molar-refractivity contribution is -0.101. The summed E-state index contributed by atoms with van der Waals surface area (Å²) >= 11 is 0. The molecule has 2 atom stereocenters. The van der Waals surface area contributed by atoms with Crippen LogP contribution >= 0.6 is 0 Å². The van der Waals surface area contributed by atoms with Gasteiger partial charge in [0.25, 0.3) is 0 Å². The van der Waals surface area contributed by atoms with E-state index < -0.39 is 12.3 Å². The van der Waals surface area contributed by atoms with E-state index in [0.29, 0.717) is 11.9 Å². The minimum Gasteiger partial charge on any atom is -0.419 e. The molecule has 1 aliphatic heterocycles. The Morgan fingerprint density at radius 2 is 2.12 bits per heavy atom. The molecule has 140 valence electrons. The van der Waals surface area contributed by atoms with Crippen molar-refractivity contribution in [2.24, 2.45) is 5.92 Å². The number of hydrogen-bond donors (Lipinski definition) is 1. The van der Waals surface area contributed by atoms with Crippen LogP contribution in [-0.2, 0) is 9.57 Å². The van der Waals surface area contributed by atoms with Gasteiger partial charge in [-0.3, -0.25) is 9.40 Å². The number of para-hydroxylation sites is 2. The number of fused-ring (bicyclic) bond motifs is 3. The summed E-state index contributed by atoms with van der Waals surface area (Å²) in [5.41, 5.74) is 3.91. The van der Waals surface area contributed by atoms with Gasteiger partial charge in [0.2, 0.25) is 12.2 Å². The van der Waals surface area contributed by atoms with Crippen molar-refractivity contribution in [2.45, 2.75) is 39.8 Å². The fourth-order valence-corrected chi connectivity index (χ4v) is 3.24. The highest BCUT2D eigenvalue weighted by atomic mass is 16.7. The topological polar surface area (TPSA) is 68.6 Å². The zero-order chi connectivity index (χ0) is 18.8. The van der Waals surface area contributed by atoms with Crippen molar-refractivity contribution >= 4 is 23.1 Å². The van der Waals surface area contributed by atoms with E-state index in [1.54, 1.807) is 0 Å². The average Bonchev–Trinajstić information content (AvgIpc) is 3.04. The molecule has 0 saturated heterocycles. The Kier molecular flexibility index (Phi) is 5.18. The Hall–Kier alpha value is -2.54. The molecule has 26 heavy (non-hydrogen) atoms. The van der Waals surface area contributed by atoms with E-state index in [1.165, 1.54) is 14.2 Å². The van der Waals surface area contributed by atoms with Crippen molar-refractivity contribution in [3.63, 3.8) is 0 Å². The normalized spacial score (nSPS) is 17.7. The molecule has 2 heterocycles. The van der Waals surface area contributed by atoms with Crippen LogP contribution in [0.5, 0.6) is 0 Å². The lowest BCUT2D eigenvalue weighted by Gasteiger charge is -2.33. The van der Waals surface area contributed by atoms with E-state index in [0.717, 1.165) is 40.2 Å². The number of ether oxygens (including phenoxy) is 1. The van der Waals surface area contributed by atoms with Gasteiger partial charge in [0.1, 0.15) is 0 Å². The highest BCUT2D eigenvalue weighted by Gasteiger charge is 2.34. The molecule has 3 rings (SSSR count). The van der Waals surface area contributed by atoms with Crippen LogP contribution in [0.15, 0.2) is 35.5 Å². The maximum absolute atomic E-state index is 12.4.